The molecule has 3 heteroatoms. The third kappa shape index (κ3) is 1.76. The molecule has 13 heavy (non-hydrogen) atoms. The summed E-state index contributed by atoms with van der Waals surface area (Å²) in [7, 11) is 0. The fraction of sp³-hybridized carbons (Fsp3) is 0.100. The molecule has 66 valence electrons. The molecule has 2 heterocycles. The maximum atomic E-state index is 6.04. The number of hydrogen-bond acceptors (Lipinski definition) is 3. The van der Waals surface area contributed by atoms with Crippen LogP contribution in [0.3, 0.4) is 0 Å². The molecular formula is C10H10N2S. The van der Waals surface area contributed by atoms with Crippen LogP contribution in [0.2, 0.25) is 0 Å². The first-order chi connectivity index (χ1) is 6.38. The molecule has 1 atom stereocenters. The van der Waals surface area contributed by atoms with Crippen LogP contribution in [0.25, 0.3) is 0 Å². The Bertz CT molecular complexity index is 356. The van der Waals surface area contributed by atoms with E-state index in [2.05, 4.69) is 16.4 Å². The van der Waals surface area contributed by atoms with Crippen LogP contribution in [0.4, 0.5) is 0 Å². The van der Waals surface area contributed by atoms with Crippen molar-refractivity contribution in [3.8, 4) is 0 Å². The number of aromatic nitrogens is 1. The van der Waals surface area contributed by atoms with Gasteiger partial charge in [-0.05, 0) is 40.1 Å². The van der Waals surface area contributed by atoms with Crippen molar-refractivity contribution in [2.24, 2.45) is 5.73 Å². The fourth-order valence-electron chi connectivity index (χ4n) is 1.22. The average molecular weight is 190 g/mol. The van der Waals surface area contributed by atoms with E-state index in [0.29, 0.717) is 0 Å². The second kappa shape index (κ2) is 3.68. The van der Waals surface area contributed by atoms with E-state index in [9.17, 15) is 0 Å². The minimum Gasteiger partial charge on any atom is -0.320 e. The lowest BCUT2D eigenvalue weighted by atomic mass is 10.0. The molecule has 0 aliphatic rings. The number of nitrogens with two attached hydrogens (primary N) is 1. The molecule has 2 nitrogen and oxygen atoms in total. The third-order valence-corrected chi connectivity index (χ3v) is 2.67. The van der Waals surface area contributed by atoms with E-state index in [0.717, 1.165) is 11.1 Å². The zero-order chi connectivity index (χ0) is 9.10. The van der Waals surface area contributed by atoms with E-state index in [1.54, 1.807) is 23.7 Å². The molecule has 0 bridgehead atoms. The summed E-state index contributed by atoms with van der Waals surface area (Å²) in [6.45, 7) is 0. The quantitative estimate of drug-likeness (QED) is 0.788. The van der Waals surface area contributed by atoms with Gasteiger partial charge in [0.05, 0.1) is 6.04 Å². The molecule has 0 saturated carbocycles. The van der Waals surface area contributed by atoms with Gasteiger partial charge in [-0.3, -0.25) is 4.98 Å². The zero-order valence-corrected chi connectivity index (χ0v) is 7.87. The highest BCUT2D eigenvalue weighted by Gasteiger charge is 2.07. The van der Waals surface area contributed by atoms with Gasteiger partial charge in [-0.25, -0.2) is 0 Å². The molecule has 0 saturated heterocycles. The van der Waals surface area contributed by atoms with E-state index >= 15 is 0 Å². The van der Waals surface area contributed by atoms with Gasteiger partial charge in [0, 0.05) is 12.4 Å². The average Bonchev–Trinajstić information content (AvgIpc) is 2.71. The van der Waals surface area contributed by atoms with Crippen molar-refractivity contribution in [3.63, 3.8) is 0 Å². The summed E-state index contributed by atoms with van der Waals surface area (Å²) in [4.78, 5) is 3.96. The maximum Gasteiger partial charge on any atom is 0.0560 e. The summed E-state index contributed by atoms with van der Waals surface area (Å²) in [5, 5.41) is 4.11. The zero-order valence-electron chi connectivity index (χ0n) is 7.05. The van der Waals surface area contributed by atoms with Gasteiger partial charge in [0.15, 0.2) is 0 Å². The van der Waals surface area contributed by atoms with Crippen molar-refractivity contribution < 1.29 is 0 Å². The van der Waals surface area contributed by atoms with Gasteiger partial charge in [0.2, 0.25) is 0 Å². The van der Waals surface area contributed by atoms with E-state index in [4.69, 9.17) is 5.73 Å². The van der Waals surface area contributed by atoms with Crippen LogP contribution >= 0.6 is 11.3 Å². The largest absolute Gasteiger partial charge is 0.320 e. The first-order valence-corrected chi connectivity index (χ1v) is 5.00. The van der Waals surface area contributed by atoms with Crippen LogP contribution in [0, 0.1) is 0 Å². The van der Waals surface area contributed by atoms with Gasteiger partial charge >= 0.3 is 0 Å². The van der Waals surface area contributed by atoms with Crippen molar-refractivity contribution in [1.82, 2.24) is 4.98 Å². The summed E-state index contributed by atoms with van der Waals surface area (Å²) in [5.41, 5.74) is 8.31. The maximum absolute atomic E-state index is 6.04. The van der Waals surface area contributed by atoms with Gasteiger partial charge in [0.1, 0.15) is 0 Å². The minimum absolute atomic E-state index is 0.0192. The van der Waals surface area contributed by atoms with Crippen molar-refractivity contribution in [2.75, 3.05) is 0 Å². The van der Waals surface area contributed by atoms with Crippen LogP contribution in [0.5, 0.6) is 0 Å². The Balaban J connectivity index is 2.29. The molecule has 0 amide bonds. The van der Waals surface area contributed by atoms with Gasteiger partial charge < -0.3 is 5.73 Å². The van der Waals surface area contributed by atoms with Crippen molar-refractivity contribution in [1.29, 1.82) is 0 Å². The third-order valence-electron chi connectivity index (χ3n) is 1.97. The smallest absolute Gasteiger partial charge is 0.0560 e. The fourth-order valence-corrected chi connectivity index (χ4v) is 1.91. The Morgan fingerprint density at radius 2 is 1.92 bits per heavy atom. The highest BCUT2D eigenvalue weighted by atomic mass is 32.1. The molecule has 2 aromatic heterocycles. The molecule has 2 aromatic rings. The molecular weight excluding hydrogens is 180 g/mol. The number of rotatable bonds is 2. The molecule has 2 rings (SSSR count). The summed E-state index contributed by atoms with van der Waals surface area (Å²) >= 11 is 1.67. The van der Waals surface area contributed by atoms with E-state index in [-0.39, 0.29) is 6.04 Å². The standard InChI is InChI=1S/C10H10N2S/c11-10(9-3-6-13-7-9)8-1-4-12-5-2-8/h1-7,10H,11H2/t10-/m1/s1. The van der Waals surface area contributed by atoms with Gasteiger partial charge in [0.25, 0.3) is 0 Å². The topological polar surface area (TPSA) is 38.9 Å². The molecule has 0 aliphatic heterocycles. The SMILES string of the molecule is N[C@H](c1ccncc1)c1ccsc1. The molecule has 2 N–H and O–H groups in total. The first kappa shape index (κ1) is 8.41. The van der Waals surface area contributed by atoms with Crippen LogP contribution in [0.15, 0.2) is 41.4 Å². The minimum atomic E-state index is -0.0192. The van der Waals surface area contributed by atoms with Gasteiger partial charge in [-0.2, -0.15) is 11.3 Å². The Hall–Kier alpha value is -1.19. The van der Waals surface area contributed by atoms with E-state index in [1.807, 2.05) is 17.5 Å². The Labute approximate surface area is 81.1 Å². The normalized spacial score (nSPS) is 12.7. The highest BCUT2D eigenvalue weighted by molar-refractivity contribution is 7.07. The molecule has 0 radical (unpaired) electrons. The Morgan fingerprint density at radius 1 is 1.15 bits per heavy atom. The van der Waals surface area contributed by atoms with Gasteiger partial charge in [-0.15, -0.1) is 0 Å². The predicted molar refractivity (Wildman–Crippen MR) is 54.6 cm³/mol. The molecule has 0 spiro atoms. The Kier molecular flexibility index (Phi) is 2.38. The van der Waals surface area contributed by atoms with Crippen LogP contribution in [-0.4, -0.2) is 4.98 Å². The van der Waals surface area contributed by atoms with E-state index in [1.165, 1.54) is 0 Å². The number of nitrogens with zero attached hydrogens (tertiary/aromatic N) is 1. The molecule has 0 fully saturated rings. The number of pyridine rings is 1. The second-order valence-corrected chi connectivity index (χ2v) is 3.59. The lowest BCUT2D eigenvalue weighted by molar-refractivity contribution is 0.873. The number of thiophene rings is 1. The Morgan fingerprint density at radius 3 is 2.54 bits per heavy atom. The van der Waals surface area contributed by atoms with Crippen molar-refractivity contribution >= 4 is 11.3 Å². The molecule has 0 aromatic carbocycles. The van der Waals surface area contributed by atoms with Crippen LogP contribution < -0.4 is 5.73 Å². The summed E-state index contributed by atoms with van der Waals surface area (Å²) in [5.74, 6) is 0. The van der Waals surface area contributed by atoms with Gasteiger partial charge in [-0.1, -0.05) is 0 Å². The summed E-state index contributed by atoms with van der Waals surface area (Å²) in [6.07, 6.45) is 3.53. The molecule has 0 aliphatic carbocycles. The second-order valence-electron chi connectivity index (χ2n) is 2.81. The van der Waals surface area contributed by atoms with E-state index < -0.39 is 0 Å². The number of hydrogen-bond donors (Lipinski definition) is 1. The summed E-state index contributed by atoms with van der Waals surface area (Å²) in [6, 6.07) is 5.93. The molecule has 0 unspecified atom stereocenters. The predicted octanol–water partition coefficient (Wildman–Crippen LogP) is 2.19. The van der Waals surface area contributed by atoms with Crippen LogP contribution in [0.1, 0.15) is 17.2 Å². The lowest BCUT2D eigenvalue weighted by Crippen LogP contribution is -2.10. The monoisotopic (exact) mass is 190 g/mol. The van der Waals surface area contributed by atoms with Crippen molar-refractivity contribution in [3.05, 3.63) is 52.5 Å². The van der Waals surface area contributed by atoms with Crippen molar-refractivity contribution in [2.45, 2.75) is 6.04 Å². The lowest BCUT2D eigenvalue weighted by Gasteiger charge is -2.08. The van der Waals surface area contributed by atoms with Crippen LogP contribution in [-0.2, 0) is 0 Å². The summed E-state index contributed by atoms with van der Waals surface area (Å²) < 4.78 is 0. The first-order valence-electron chi connectivity index (χ1n) is 4.05. The highest BCUT2D eigenvalue weighted by Crippen LogP contribution is 2.20.